The molecular weight excluding hydrogens is 460 g/mol. The summed E-state index contributed by atoms with van der Waals surface area (Å²) in [6, 6.07) is 8.24. The highest BCUT2D eigenvalue weighted by Gasteiger charge is 2.35. The van der Waals surface area contributed by atoms with E-state index in [1.165, 1.54) is 6.92 Å². The zero-order valence-electron chi connectivity index (χ0n) is 20.3. The maximum Gasteiger partial charge on any atom is 0.251 e. The number of piperidine rings is 1. The molecule has 0 saturated carbocycles. The van der Waals surface area contributed by atoms with E-state index in [0.717, 1.165) is 57.2 Å². The molecule has 1 N–H and O–H groups in total. The average Bonchev–Trinajstić information content (AvgIpc) is 2.89. The standard InChI is InChI=1S/C26H30N6O2S/c1-16(33)26(34)31-11-9-20(10-12-31)32-17(2)30(3)15-19-14-27-22-7-6-21(29-24(22)25(19)32)18-5-8-23(35-4)28-13-18/h5-8,13-14,16,20,33H,2,9-12,15H2,1,3-4H3/t16-/m0/s1. The Kier molecular flexibility index (Phi) is 6.37. The summed E-state index contributed by atoms with van der Waals surface area (Å²) in [6.45, 7) is 7.86. The van der Waals surface area contributed by atoms with Crippen molar-refractivity contribution in [2.24, 2.45) is 0 Å². The number of anilines is 1. The first-order chi connectivity index (χ1) is 16.9. The fourth-order valence-electron chi connectivity index (χ4n) is 4.95. The van der Waals surface area contributed by atoms with Crippen LogP contribution in [-0.4, -0.2) is 74.3 Å². The Bertz CT molecular complexity index is 1270. The van der Waals surface area contributed by atoms with Gasteiger partial charge in [-0.25, -0.2) is 9.97 Å². The number of rotatable bonds is 4. The minimum absolute atomic E-state index is 0.167. The normalized spacial score (nSPS) is 17.6. The fraction of sp³-hybridized carbons (Fsp3) is 0.385. The molecule has 3 aromatic heterocycles. The van der Waals surface area contributed by atoms with Gasteiger partial charge in [-0.05, 0) is 50.3 Å². The van der Waals surface area contributed by atoms with Crippen LogP contribution in [0.15, 0.2) is 54.1 Å². The summed E-state index contributed by atoms with van der Waals surface area (Å²) in [6.07, 6.45) is 6.42. The summed E-state index contributed by atoms with van der Waals surface area (Å²) >= 11 is 1.61. The van der Waals surface area contributed by atoms with E-state index in [-0.39, 0.29) is 11.9 Å². The number of amides is 1. The van der Waals surface area contributed by atoms with Crippen LogP contribution in [0.25, 0.3) is 22.3 Å². The summed E-state index contributed by atoms with van der Waals surface area (Å²) in [5.41, 5.74) is 5.67. The van der Waals surface area contributed by atoms with Crippen molar-refractivity contribution in [3.05, 3.63) is 54.6 Å². The number of fused-ring (bicyclic) bond motifs is 3. The van der Waals surface area contributed by atoms with Gasteiger partial charge in [-0.3, -0.25) is 9.78 Å². The summed E-state index contributed by atoms with van der Waals surface area (Å²) in [7, 11) is 2.04. The number of carbonyl (C=O) groups excluding carboxylic acids is 1. The number of hydrogen-bond donors (Lipinski definition) is 1. The zero-order chi connectivity index (χ0) is 24.7. The first-order valence-corrected chi connectivity index (χ1v) is 13.0. The Hall–Kier alpha value is -3.17. The largest absolute Gasteiger partial charge is 0.384 e. The molecule has 2 aliphatic heterocycles. The second kappa shape index (κ2) is 9.47. The van der Waals surface area contributed by atoms with Crippen LogP contribution in [-0.2, 0) is 11.3 Å². The lowest BCUT2D eigenvalue weighted by atomic mass is 9.98. The van der Waals surface area contributed by atoms with Crippen LogP contribution in [0.2, 0.25) is 0 Å². The topological polar surface area (TPSA) is 85.7 Å². The first kappa shape index (κ1) is 23.6. The van der Waals surface area contributed by atoms with Gasteiger partial charge in [0, 0.05) is 56.2 Å². The number of thioether (sulfide) groups is 1. The number of aliphatic hydroxyl groups excluding tert-OH is 1. The van der Waals surface area contributed by atoms with E-state index >= 15 is 0 Å². The van der Waals surface area contributed by atoms with E-state index in [0.29, 0.717) is 19.6 Å². The van der Waals surface area contributed by atoms with Gasteiger partial charge in [0.15, 0.2) is 0 Å². The summed E-state index contributed by atoms with van der Waals surface area (Å²) in [4.78, 5) is 32.8. The third-order valence-corrected chi connectivity index (χ3v) is 7.53. The first-order valence-electron chi connectivity index (χ1n) is 11.8. The lowest BCUT2D eigenvalue weighted by molar-refractivity contribution is -0.140. The molecule has 0 spiro atoms. The van der Waals surface area contributed by atoms with Gasteiger partial charge in [-0.1, -0.05) is 6.58 Å². The molecule has 35 heavy (non-hydrogen) atoms. The number of nitrogens with zero attached hydrogens (tertiary/aromatic N) is 6. The van der Waals surface area contributed by atoms with Crippen molar-refractivity contribution in [1.82, 2.24) is 24.8 Å². The number of hydrogen-bond acceptors (Lipinski definition) is 8. The summed E-state index contributed by atoms with van der Waals surface area (Å²) < 4.78 is 0. The molecule has 3 aromatic rings. The molecule has 0 aliphatic carbocycles. The van der Waals surface area contributed by atoms with Gasteiger partial charge in [-0.15, -0.1) is 11.8 Å². The molecule has 8 nitrogen and oxygen atoms in total. The van der Waals surface area contributed by atoms with Crippen LogP contribution in [0.5, 0.6) is 0 Å². The van der Waals surface area contributed by atoms with Gasteiger partial charge in [0.2, 0.25) is 0 Å². The minimum Gasteiger partial charge on any atom is -0.384 e. The highest BCUT2D eigenvalue weighted by Crippen LogP contribution is 2.40. The van der Waals surface area contributed by atoms with Crippen LogP contribution >= 0.6 is 11.8 Å². The third-order valence-electron chi connectivity index (χ3n) is 6.87. The second-order valence-corrected chi connectivity index (χ2v) is 9.99. The van der Waals surface area contributed by atoms with Gasteiger partial charge in [0.05, 0.1) is 21.9 Å². The lowest BCUT2D eigenvalue weighted by Crippen LogP contribution is -2.51. The monoisotopic (exact) mass is 490 g/mol. The molecule has 0 bridgehead atoms. The van der Waals surface area contributed by atoms with E-state index < -0.39 is 6.10 Å². The van der Waals surface area contributed by atoms with E-state index in [1.807, 2.05) is 43.9 Å². The predicted molar refractivity (Wildman–Crippen MR) is 139 cm³/mol. The van der Waals surface area contributed by atoms with E-state index in [4.69, 9.17) is 9.97 Å². The van der Waals surface area contributed by atoms with Crippen LogP contribution in [0.1, 0.15) is 25.3 Å². The van der Waals surface area contributed by atoms with Crippen molar-refractivity contribution in [3.63, 3.8) is 0 Å². The quantitative estimate of drug-likeness (QED) is 0.556. The molecule has 182 valence electrons. The Morgan fingerprint density at radius 1 is 1.17 bits per heavy atom. The summed E-state index contributed by atoms with van der Waals surface area (Å²) in [5.74, 6) is 0.712. The predicted octanol–water partition coefficient (Wildman–Crippen LogP) is 3.51. The number of pyridine rings is 3. The molecule has 5 heterocycles. The highest BCUT2D eigenvalue weighted by molar-refractivity contribution is 7.98. The molecule has 2 aliphatic rings. The zero-order valence-corrected chi connectivity index (χ0v) is 21.1. The molecular formula is C26H30N6O2S. The van der Waals surface area contributed by atoms with Crippen molar-refractivity contribution in [1.29, 1.82) is 0 Å². The number of aliphatic hydroxyl groups is 1. The number of likely N-dealkylation sites (tertiary alicyclic amines) is 1. The number of carbonyl (C=O) groups is 1. The molecule has 9 heteroatoms. The van der Waals surface area contributed by atoms with Gasteiger partial charge in [-0.2, -0.15) is 0 Å². The van der Waals surface area contributed by atoms with Crippen LogP contribution in [0.4, 0.5) is 5.69 Å². The van der Waals surface area contributed by atoms with Gasteiger partial charge >= 0.3 is 0 Å². The molecule has 5 rings (SSSR count). The smallest absolute Gasteiger partial charge is 0.251 e. The molecule has 1 amide bonds. The molecule has 1 atom stereocenters. The SMILES string of the molecule is C=C1N(C)Cc2cnc3ccc(-c4ccc(SC)nc4)nc3c2N1C1CCN(C(=O)[C@H](C)O)CC1. The lowest BCUT2D eigenvalue weighted by Gasteiger charge is -2.46. The van der Waals surface area contributed by atoms with Crippen molar-refractivity contribution in [3.8, 4) is 11.3 Å². The third kappa shape index (κ3) is 4.34. The van der Waals surface area contributed by atoms with E-state index in [2.05, 4.69) is 27.4 Å². The Balaban J connectivity index is 1.54. The average molecular weight is 491 g/mol. The van der Waals surface area contributed by atoms with Crippen molar-refractivity contribution < 1.29 is 9.90 Å². The van der Waals surface area contributed by atoms with E-state index in [1.54, 1.807) is 16.7 Å². The van der Waals surface area contributed by atoms with Gasteiger partial charge in [0.1, 0.15) is 17.4 Å². The Morgan fingerprint density at radius 3 is 2.60 bits per heavy atom. The molecule has 0 radical (unpaired) electrons. The second-order valence-electron chi connectivity index (χ2n) is 9.16. The molecule has 1 saturated heterocycles. The van der Waals surface area contributed by atoms with E-state index in [9.17, 15) is 9.90 Å². The highest BCUT2D eigenvalue weighted by atomic mass is 32.2. The number of aromatic nitrogens is 3. The maximum absolute atomic E-state index is 12.3. The van der Waals surface area contributed by atoms with Crippen LogP contribution in [0.3, 0.4) is 0 Å². The van der Waals surface area contributed by atoms with Gasteiger partial charge in [0.25, 0.3) is 5.91 Å². The summed E-state index contributed by atoms with van der Waals surface area (Å²) in [5, 5.41) is 10.7. The van der Waals surface area contributed by atoms with Gasteiger partial charge < -0.3 is 19.8 Å². The Morgan fingerprint density at radius 2 is 1.94 bits per heavy atom. The van der Waals surface area contributed by atoms with Crippen LogP contribution < -0.4 is 4.90 Å². The fourth-order valence-corrected chi connectivity index (χ4v) is 5.31. The minimum atomic E-state index is -0.972. The Labute approximate surface area is 209 Å². The maximum atomic E-state index is 12.3. The van der Waals surface area contributed by atoms with Crippen molar-refractivity contribution >= 4 is 34.4 Å². The van der Waals surface area contributed by atoms with Crippen LogP contribution in [0, 0.1) is 0 Å². The molecule has 1 fully saturated rings. The van der Waals surface area contributed by atoms with Crippen molar-refractivity contribution in [2.45, 2.75) is 43.5 Å². The molecule has 0 aromatic carbocycles. The molecule has 0 unspecified atom stereocenters. The van der Waals surface area contributed by atoms with Crippen molar-refractivity contribution in [2.75, 3.05) is 31.3 Å².